The van der Waals surface area contributed by atoms with Gasteiger partial charge in [-0.1, -0.05) is 12.1 Å². The fraction of sp³-hybridized carbons (Fsp3) is 0.625. The van der Waals surface area contributed by atoms with E-state index in [2.05, 4.69) is 30.1 Å². The summed E-state index contributed by atoms with van der Waals surface area (Å²) >= 11 is 0. The van der Waals surface area contributed by atoms with Gasteiger partial charge >= 0.3 is 0 Å². The molecule has 1 aromatic rings. The molecule has 1 fully saturated rings. The maximum atomic E-state index is 10.6. The zero-order valence-electron chi connectivity index (χ0n) is 11.7. The van der Waals surface area contributed by atoms with Gasteiger partial charge in [0.05, 0.1) is 12.2 Å². The van der Waals surface area contributed by atoms with E-state index in [0.29, 0.717) is 0 Å². The highest BCUT2D eigenvalue weighted by molar-refractivity contribution is 5.39. The molecule has 0 aromatic heterocycles. The molecule has 1 saturated heterocycles. The lowest BCUT2D eigenvalue weighted by Crippen LogP contribution is -2.46. The van der Waals surface area contributed by atoms with E-state index in [-0.39, 0.29) is 0 Å². The van der Waals surface area contributed by atoms with Crippen molar-refractivity contribution in [3.8, 4) is 5.75 Å². The summed E-state index contributed by atoms with van der Waals surface area (Å²) < 4.78 is 5.53. The average Bonchev–Trinajstić information content (AvgIpc) is 2.83. The van der Waals surface area contributed by atoms with Gasteiger partial charge in [0.25, 0.3) is 0 Å². The number of ether oxygens (including phenoxy) is 1. The van der Waals surface area contributed by atoms with Crippen LogP contribution in [0.15, 0.2) is 18.2 Å². The maximum Gasteiger partial charge on any atom is 0.122 e. The zero-order chi connectivity index (χ0) is 13.3. The number of likely N-dealkylation sites (tertiary alicyclic amines) is 1. The van der Waals surface area contributed by atoms with Crippen molar-refractivity contribution in [3.63, 3.8) is 0 Å². The Morgan fingerprint density at radius 2 is 2.32 bits per heavy atom. The summed E-state index contributed by atoms with van der Waals surface area (Å²) in [6.07, 6.45) is 4.88. The van der Waals surface area contributed by atoms with Gasteiger partial charge in [-0.3, -0.25) is 0 Å². The van der Waals surface area contributed by atoms with Crippen LogP contribution in [0.4, 0.5) is 0 Å². The Morgan fingerprint density at radius 1 is 1.42 bits per heavy atom. The fourth-order valence-corrected chi connectivity index (χ4v) is 3.32. The Balaban J connectivity index is 1.62. The van der Waals surface area contributed by atoms with Crippen LogP contribution >= 0.6 is 0 Å². The fourth-order valence-electron chi connectivity index (χ4n) is 3.32. The molecular formula is C16H23NO2. The molecule has 1 unspecified atom stereocenters. The van der Waals surface area contributed by atoms with Gasteiger partial charge in [0.1, 0.15) is 5.75 Å². The predicted molar refractivity (Wildman–Crippen MR) is 75.6 cm³/mol. The standard InChI is InChI=1S/C16H23NO2/c1-17-9-2-7-16(18,12-17)8-5-13-3-4-15-14(11-13)6-10-19-15/h3-4,11,18H,2,5-10,12H2,1H3. The summed E-state index contributed by atoms with van der Waals surface area (Å²) in [5.74, 6) is 1.04. The second-order valence-electron chi connectivity index (χ2n) is 6.11. The first-order chi connectivity index (χ1) is 9.15. The molecule has 1 atom stereocenters. The largest absolute Gasteiger partial charge is 0.493 e. The Labute approximate surface area is 115 Å². The molecule has 3 heteroatoms. The molecule has 0 spiro atoms. The number of piperidine rings is 1. The number of hydrogen-bond acceptors (Lipinski definition) is 3. The van der Waals surface area contributed by atoms with Gasteiger partial charge in [-0.2, -0.15) is 0 Å². The Kier molecular flexibility index (Phi) is 3.50. The minimum atomic E-state index is -0.498. The van der Waals surface area contributed by atoms with E-state index < -0.39 is 5.60 Å². The highest BCUT2D eigenvalue weighted by Gasteiger charge is 2.31. The lowest BCUT2D eigenvalue weighted by molar-refractivity contribution is -0.0291. The third kappa shape index (κ3) is 2.93. The first kappa shape index (κ1) is 12.9. The summed E-state index contributed by atoms with van der Waals surface area (Å²) in [7, 11) is 2.09. The van der Waals surface area contributed by atoms with Crippen LogP contribution in [0.5, 0.6) is 5.75 Å². The highest BCUT2D eigenvalue weighted by Crippen LogP contribution is 2.29. The van der Waals surface area contributed by atoms with Crippen molar-refractivity contribution in [3.05, 3.63) is 29.3 Å². The van der Waals surface area contributed by atoms with E-state index in [4.69, 9.17) is 4.74 Å². The third-order valence-electron chi connectivity index (χ3n) is 4.38. The number of β-amino-alcohol motifs (C(OH)–C–C–N with tert-alkyl or cyclic N) is 1. The Morgan fingerprint density at radius 3 is 3.16 bits per heavy atom. The van der Waals surface area contributed by atoms with Gasteiger partial charge in [0.2, 0.25) is 0 Å². The van der Waals surface area contributed by atoms with Crippen molar-refractivity contribution in [1.29, 1.82) is 0 Å². The summed E-state index contributed by atoms with van der Waals surface area (Å²) in [5, 5.41) is 10.6. The lowest BCUT2D eigenvalue weighted by Gasteiger charge is -2.37. The minimum absolute atomic E-state index is 0.498. The number of aliphatic hydroxyl groups is 1. The molecule has 0 bridgehead atoms. The molecule has 104 valence electrons. The molecule has 1 aromatic carbocycles. The summed E-state index contributed by atoms with van der Waals surface area (Å²) in [6.45, 7) is 2.73. The van der Waals surface area contributed by atoms with Gasteiger partial charge in [0, 0.05) is 13.0 Å². The second-order valence-corrected chi connectivity index (χ2v) is 6.11. The first-order valence-electron chi connectivity index (χ1n) is 7.30. The van der Waals surface area contributed by atoms with Crippen LogP contribution in [0.2, 0.25) is 0 Å². The smallest absolute Gasteiger partial charge is 0.122 e. The topological polar surface area (TPSA) is 32.7 Å². The molecule has 2 aliphatic rings. The van der Waals surface area contributed by atoms with Gasteiger partial charge in [0.15, 0.2) is 0 Å². The van der Waals surface area contributed by atoms with Crippen LogP contribution in [-0.4, -0.2) is 42.4 Å². The van der Waals surface area contributed by atoms with Crippen LogP contribution in [0.1, 0.15) is 30.4 Å². The monoisotopic (exact) mass is 261 g/mol. The second kappa shape index (κ2) is 5.14. The molecule has 0 amide bonds. The molecule has 1 N–H and O–H groups in total. The van der Waals surface area contributed by atoms with E-state index >= 15 is 0 Å². The Bertz CT molecular complexity index is 460. The number of fused-ring (bicyclic) bond motifs is 1. The van der Waals surface area contributed by atoms with Crippen LogP contribution in [-0.2, 0) is 12.8 Å². The van der Waals surface area contributed by atoms with Crippen molar-refractivity contribution in [2.45, 2.75) is 37.7 Å². The predicted octanol–water partition coefficient (Wildman–Crippen LogP) is 2.01. The molecule has 2 aliphatic heterocycles. The molecule has 3 nitrogen and oxygen atoms in total. The maximum absolute atomic E-state index is 10.6. The lowest BCUT2D eigenvalue weighted by atomic mass is 9.87. The van der Waals surface area contributed by atoms with Gasteiger partial charge in [-0.25, -0.2) is 0 Å². The van der Waals surface area contributed by atoms with Crippen LogP contribution in [0, 0.1) is 0 Å². The van der Waals surface area contributed by atoms with Crippen LogP contribution in [0.25, 0.3) is 0 Å². The third-order valence-corrected chi connectivity index (χ3v) is 4.38. The molecule has 0 radical (unpaired) electrons. The van der Waals surface area contributed by atoms with Crippen molar-refractivity contribution in [2.24, 2.45) is 0 Å². The number of benzene rings is 1. The number of aryl methyl sites for hydroxylation is 1. The molecule has 19 heavy (non-hydrogen) atoms. The van der Waals surface area contributed by atoms with E-state index in [1.807, 2.05) is 0 Å². The van der Waals surface area contributed by atoms with E-state index in [9.17, 15) is 5.11 Å². The van der Waals surface area contributed by atoms with Crippen LogP contribution < -0.4 is 4.74 Å². The first-order valence-corrected chi connectivity index (χ1v) is 7.30. The average molecular weight is 261 g/mol. The quantitative estimate of drug-likeness (QED) is 0.903. The Hall–Kier alpha value is -1.06. The summed E-state index contributed by atoms with van der Waals surface area (Å²) in [4.78, 5) is 2.24. The van der Waals surface area contributed by atoms with Gasteiger partial charge in [-0.05, 0) is 56.5 Å². The van der Waals surface area contributed by atoms with Crippen LogP contribution in [0.3, 0.4) is 0 Å². The van der Waals surface area contributed by atoms with E-state index in [1.54, 1.807) is 0 Å². The normalized spacial score (nSPS) is 27.1. The number of nitrogens with zero attached hydrogens (tertiary/aromatic N) is 1. The van der Waals surface area contributed by atoms with Crippen molar-refractivity contribution < 1.29 is 9.84 Å². The molecule has 2 heterocycles. The van der Waals surface area contributed by atoms with E-state index in [1.165, 1.54) is 11.1 Å². The molecular weight excluding hydrogens is 238 g/mol. The summed E-state index contributed by atoms with van der Waals surface area (Å²) in [5.41, 5.74) is 2.15. The molecule has 3 rings (SSSR count). The number of hydrogen-bond donors (Lipinski definition) is 1. The van der Waals surface area contributed by atoms with Crippen molar-refractivity contribution >= 4 is 0 Å². The minimum Gasteiger partial charge on any atom is -0.493 e. The van der Waals surface area contributed by atoms with Gasteiger partial charge < -0.3 is 14.7 Å². The number of rotatable bonds is 3. The van der Waals surface area contributed by atoms with Crippen molar-refractivity contribution in [1.82, 2.24) is 4.90 Å². The number of likely N-dealkylation sites (N-methyl/N-ethyl adjacent to an activating group) is 1. The highest BCUT2D eigenvalue weighted by atomic mass is 16.5. The SMILES string of the molecule is CN1CCCC(O)(CCc2ccc3c(c2)CCO3)C1. The molecule has 0 saturated carbocycles. The van der Waals surface area contributed by atoms with E-state index in [0.717, 1.165) is 57.6 Å². The molecule has 0 aliphatic carbocycles. The summed E-state index contributed by atoms with van der Waals surface area (Å²) in [6, 6.07) is 6.47. The van der Waals surface area contributed by atoms with Gasteiger partial charge in [-0.15, -0.1) is 0 Å². The zero-order valence-corrected chi connectivity index (χ0v) is 11.7. The van der Waals surface area contributed by atoms with Crippen molar-refractivity contribution in [2.75, 3.05) is 26.7 Å².